The number of thiazole rings is 1. The molecule has 2 aromatic carbocycles. The average Bonchev–Trinajstić information content (AvgIpc) is 3.20. The molecule has 1 heterocycles. The lowest BCUT2D eigenvalue weighted by Crippen LogP contribution is -2.37. The van der Waals surface area contributed by atoms with Crippen LogP contribution in [0.5, 0.6) is 17.2 Å². The van der Waals surface area contributed by atoms with Crippen molar-refractivity contribution in [3.63, 3.8) is 0 Å². The summed E-state index contributed by atoms with van der Waals surface area (Å²) in [6, 6.07) is 11.3. The van der Waals surface area contributed by atoms with Crippen molar-refractivity contribution in [2.24, 2.45) is 0 Å². The number of aryl methyl sites for hydroxylation is 2. The minimum Gasteiger partial charge on any atom is -0.493 e. The van der Waals surface area contributed by atoms with Gasteiger partial charge in [0.25, 0.3) is 5.91 Å². The summed E-state index contributed by atoms with van der Waals surface area (Å²) in [6.07, 6.45) is 0. The molecule has 0 aliphatic rings. The highest BCUT2D eigenvalue weighted by Gasteiger charge is 2.12. The first kappa shape index (κ1) is 22.5. The lowest BCUT2D eigenvalue weighted by atomic mass is 10.1. The molecule has 0 atom stereocenters. The van der Waals surface area contributed by atoms with Crippen LogP contribution in [-0.4, -0.2) is 36.8 Å². The van der Waals surface area contributed by atoms with Crippen LogP contribution in [0.1, 0.15) is 11.1 Å². The summed E-state index contributed by atoms with van der Waals surface area (Å²) in [5.74, 6) is 1.58. The summed E-state index contributed by atoms with van der Waals surface area (Å²) >= 11 is 6.59. The molecule has 0 aliphatic heterocycles. The SMILES string of the molecule is COc1ccc(-c2csc(NC(=S)NC(=O)COc3ccc(C)cc3C)n2)cc1OC. The molecule has 1 aromatic heterocycles. The van der Waals surface area contributed by atoms with Gasteiger partial charge in [-0.15, -0.1) is 11.3 Å². The predicted octanol–water partition coefficient (Wildman–Crippen LogP) is 4.34. The normalized spacial score (nSPS) is 10.3. The second-order valence-corrected chi connectivity index (χ2v) is 7.93. The predicted molar refractivity (Wildman–Crippen MR) is 126 cm³/mol. The Morgan fingerprint density at radius 1 is 1.06 bits per heavy atom. The number of methoxy groups -OCH3 is 2. The molecule has 3 aromatic rings. The summed E-state index contributed by atoms with van der Waals surface area (Å²) in [5.41, 5.74) is 3.73. The minimum absolute atomic E-state index is 0.138. The van der Waals surface area contributed by atoms with Crippen LogP contribution in [0.3, 0.4) is 0 Å². The van der Waals surface area contributed by atoms with E-state index in [-0.39, 0.29) is 17.6 Å². The first-order chi connectivity index (χ1) is 14.9. The van der Waals surface area contributed by atoms with Crippen LogP contribution in [0.2, 0.25) is 0 Å². The smallest absolute Gasteiger partial charge is 0.264 e. The molecule has 1 amide bonds. The molecule has 3 rings (SSSR count). The molecule has 0 radical (unpaired) electrons. The molecule has 0 bridgehead atoms. The Labute approximate surface area is 190 Å². The Hall–Kier alpha value is -3.17. The number of hydrogen-bond acceptors (Lipinski definition) is 7. The van der Waals surface area contributed by atoms with Gasteiger partial charge < -0.3 is 19.5 Å². The van der Waals surface area contributed by atoms with Gasteiger partial charge in [-0.05, 0) is 55.9 Å². The lowest BCUT2D eigenvalue weighted by Gasteiger charge is -2.11. The van der Waals surface area contributed by atoms with Crippen LogP contribution < -0.4 is 24.8 Å². The largest absolute Gasteiger partial charge is 0.493 e. The number of thiocarbonyl (C=S) groups is 1. The van der Waals surface area contributed by atoms with Crippen molar-refractivity contribution in [2.75, 3.05) is 26.1 Å². The molecule has 0 aliphatic carbocycles. The number of nitrogens with zero attached hydrogens (tertiary/aromatic N) is 1. The summed E-state index contributed by atoms with van der Waals surface area (Å²) in [6.45, 7) is 3.80. The first-order valence-electron chi connectivity index (χ1n) is 9.38. The van der Waals surface area contributed by atoms with Crippen LogP contribution in [0.25, 0.3) is 11.3 Å². The molecule has 0 fully saturated rings. The fourth-order valence-electron chi connectivity index (χ4n) is 2.85. The standard InChI is InChI=1S/C22H23N3O4S2/c1-13-5-7-17(14(2)9-13)29-11-20(26)24-21(30)25-22-23-16(12-31-22)15-6-8-18(27-3)19(10-15)28-4/h5-10,12H,11H2,1-4H3,(H2,23,24,25,26,30). The van der Waals surface area contributed by atoms with Crippen LogP contribution in [0.15, 0.2) is 41.8 Å². The number of anilines is 1. The number of hydrogen-bond donors (Lipinski definition) is 2. The Morgan fingerprint density at radius 2 is 1.81 bits per heavy atom. The maximum atomic E-state index is 12.1. The third-order valence-corrected chi connectivity index (χ3v) is 5.31. The first-order valence-corrected chi connectivity index (χ1v) is 10.7. The van der Waals surface area contributed by atoms with Gasteiger partial charge in [0, 0.05) is 10.9 Å². The van der Waals surface area contributed by atoms with E-state index in [2.05, 4.69) is 15.6 Å². The number of nitrogens with one attached hydrogen (secondary N) is 2. The molecule has 162 valence electrons. The third kappa shape index (κ3) is 5.93. The summed E-state index contributed by atoms with van der Waals surface area (Å²) in [7, 11) is 3.17. The van der Waals surface area contributed by atoms with Crippen molar-refractivity contribution in [2.45, 2.75) is 13.8 Å². The molecule has 9 heteroatoms. The molecule has 0 unspecified atom stereocenters. The van der Waals surface area contributed by atoms with Gasteiger partial charge in [0.05, 0.1) is 19.9 Å². The van der Waals surface area contributed by atoms with Crippen molar-refractivity contribution in [1.29, 1.82) is 0 Å². The Balaban J connectivity index is 1.55. The van der Waals surface area contributed by atoms with Crippen LogP contribution in [0, 0.1) is 13.8 Å². The number of aromatic nitrogens is 1. The topological polar surface area (TPSA) is 81.7 Å². The summed E-state index contributed by atoms with van der Waals surface area (Å²) in [4.78, 5) is 16.7. The minimum atomic E-state index is -0.353. The number of benzene rings is 2. The molecule has 7 nitrogen and oxygen atoms in total. The van der Waals surface area contributed by atoms with E-state index in [9.17, 15) is 4.79 Å². The van der Waals surface area contributed by atoms with E-state index >= 15 is 0 Å². The highest BCUT2D eigenvalue weighted by Crippen LogP contribution is 2.33. The number of amides is 1. The molecule has 2 N–H and O–H groups in total. The molecular formula is C22H23N3O4S2. The maximum absolute atomic E-state index is 12.1. The van der Waals surface area contributed by atoms with Gasteiger partial charge in [-0.3, -0.25) is 10.1 Å². The third-order valence-electron chi connectivity index (χ3n) is 4.35. The maximum Gasteiger partial charge on any atom is 0.264 e. The highest BCUT2D eigenvalue weighted by molar-refractivity contribution is 7.80. The van der Waals surface area contributed by atoms with Crippen molar-refractivity contribution in [1.82, 2.24) is 10.3 Å². The monoisotopic (exact) mass is 457 g/mol. The molecule has 0 saturated heterocycles. The van der Waals surface area contributed by atoms with E-state index in [1.165, 1.54) is 11.3 Å². The van der Waals surface area contributed by atoms with Gasteiger partial charge in [0.2, 0.25) is 0 Å². The van der Waals surface area contributed by atoms with Gasteiger partial charge in [-0.25, -0.2) is 4.98 Å². The number of carbonyl (C=O) groups is 1. The summed E-state index contributed by atoms with van der Waals surface area (Å²) in [5, 5.41) is 8.13. The van der Waals surface area contributed by atoms with Gasteiger partial charge in [0.15, 0.2) is 28.3 Å². The molecule has 31 heavy (non-hydrogen) atoms. The van der Waals surface area contributed by atoms with Crippen LogP contribution in [-0.2, 0) is 4.79 Å². The molecular weight excluding hydrogens is 434 g/mol. The van der Waals surface area contributed by atoms with E-state index in [4.69, 9.17) is 26.4 Å². The fourth-order valence-corrected chi connectivity index (χ4v) is 3.85. The zero-order chi connectivity index (χ0) is 22.4. The second-order valence-electron chi connectivity index (χ2n) is 6.67. The van der Waals surface area contributed by atoms with Crippen molar-refractivity contribution in [3.8, 4) is 28.5 Å². The number of rotatable bonds is 7. The lowest BCUT2D eigenvalue weighted by molar-refractivity contribution is -0.121. The van der Waals surface area contributed by atoms with E-state index in [0.29, 0.717) is 22.4 Å². The zero-order valence-corrected chi connectivity index (χ0v) is 19.3. The van der Waals surface area contributed by atoms with Crippen LogP contribution in [0.4, 0.5) is 5.13 Å². The average molecular weight is 458 g/mol. The van der Waals surface area contributed by atoms with Crippen molar-refractivity contribution in [3.05, 3.63) is 52.9 Å². The van der Waals surface area contributed by atoms with Gasteiger partial charge in [-0.2, -0.15) is 0 Å². The van der Waals surface area contributed by atoms with E-state index in [0.717, 1.165) is 22.4 Å². The quantitative estimate of drug-likeness (QED) is 0.511. The Bertz CT molecular complexity index is 1100. The Morgan fingerprint density at radius 3 is 2.52 bits per heavy atom. The van der Waals surface area contributed by atoms with Crippen LogP contribution >= 0.6 is 23.6 Å². The van der Waals surface area contributed by atoms with Gasteiger partial charge in [0.1, 0.15) is 5.75 Å². The van der Waals surface area contributed by atoms with E-state index < -0.39 is 0 Å². The second kappa shape index (κ2) is 10.2. The van der Waals surface area contributed by atoms with Gasteiger partial charge in [-0.1, -0.05) is 17.7 Å². The van der Waals surface area contributed by atoms with Crippen molar-refractivity contribution >= 4 is 39.7 Å². The van der Waals surface area contributed by atoms with E-state index in [1.807, 2.05) is 55.6 Å². The van der Waals surface area contributed by atoms with Gasteiger partial charge >= 0.3 is 0 Å². The zero-order valence-electron chi connectivity index (χ0n) is 17.6. The van der Waals surface area contributed by atoms with E-state index in [1.54, 1.807) is 14.2 Å². The van der Waals surface area contributed by atoms with Crippen molar-refractivity contribution < 1.29 is 19.0 Å². The molecule has 0 saturated carbocycles. The fraction of sp³-hybridized carbons (Fsp3) is 0.227. The summed E-state index contributed by atoms with van der Waals surface area (Å²) < 4.78 is 16.2. The molecule has 0 spiro atoms. The number of ether oxygens (including phenoxy) is 3. The Kier molecular flexibility index (Phi) is 7.43. The number of carbonyl (C=O) groups excluding carboxylic acids is 1. The highest BCUT2D eigenvalue weighted by atomic mass is 32.1.